The van der Waals surface area contributed by atoms with Crippen molar-refractivity contribution in [3.05, 3.63) is 34.4 Å². The Morgan fingerprint density at radius 1 is 1.54 bits per heavy atom. The lowest BCUT2D eigenvalue weighted by Gasteiger charge is -2.07. The molecule has 0 aromatic heterocycles. The molecule has 72 valence electrons. The van der Waals surface area contributed by atoms with E-state index in [9.17, 15) is 10.1 Å². The van der Waals surface area contributed by atoms with E-state index >= 15 is 0 Å². The molecule has 0 saturated heterocycles. The predicted octanol–water partition coefficient (Wildman–Crippen LogP) is 2.01. The summed E-state index contributed by atoms with van der Waals surface area (Å²) in [6, 6.07) is 5.99. The highest BCUT2D eigenvalue weighted by Gasteiger charge is 2.06. The molecule has 0 aliphatic rings. The normalized spacial score (nSPS) is 8.77. The summed E-state index contributed by atoms with van der Waals surface area (Å²) in [4.78, 5) is 9.83. The molecule has 0 unspecified atom stereocenters. The second kappa shape index (κ2) is 5.00. The van der Waals surface area contributed by atoms with Crippen LogP contribution in [0.4, 0.5) is 11.4 Å². The zero-order chi connectivity index (χ0) is 9.14. The van der Waals surface area contributed by atoms with Crippen LogP contribution in [-0.2, 0) is 0 Å². The van der Waals surface area contributed by atoms with Gasteiger partial charge >= 0.3 is 0 Å². The van der Waals surface area contributed by atoms with Crippen LogP contribution in [0.15, 0.2) is 24.3 Å². The minimum atomic E-state index is -0.472. The quantitative estimate of drug-likeness (QED) is 0.385. The molecule has 0 heterocycles. The van der Waals surface area contributed by atoms with Crippen LogP contribution in [-0.4, -0.2) is 4.92 Å². The third-order valence-corrected chi connectivity index (χ3v) is 1.70. The SMILES string of the molecule is Cl.NN(Br)c1cccc([N+](=O)[O-])c1. The third-order valence-electron chi connectivity index (χ3n) is 1.29. The molecule has 1 rings (SSSR count). The van der Waals surface area contributed by atoms with E-state index in [2.05, 4.69) is 16.1 Å². The average molecular weight is 268 g/mol. The minimum Gasteiger partial charge on any atom is -0.258 e. The van der Waals surface area contributed by atoms with E-state index < -0.39 is 4.92 Å². The molecule has 0 radical (unpaired) electrons. The van der Waals surface area contributed by atoms with Crippen LogP contribution >= 0.6 is 28.6 Å². The van der Waals surface area contributed by atoms with E-state index in [-0.39, 0.29) is 18.1 Å². The lowest BCUT2D eigenvalue weighted by atomic mass is 10.3. The Hall–Kier alpha value is -0.850. The van der Waals surface area contributed by atoms with Crippen molar-refractivity contribution in [3.8, 4) is 0 Å². The molecule has 0 atom stereocenters. The summed E-state index contributed by atoms with van der Waals surface area (Å²) in [6.45, 7) is 0. The average Bonchev–Trinajstić information content (AvgIpc) is 2.04. The van der Waals surface area contributed by atoms with Gasteiger partial charge in [0.25, 0.3) is 5.69 Å². The molecule has 0 aliphatic heterocycles. The maximum absolute atomic E-state index is 10.3. The Bertz CT molecular complexity index is 308. The topological polar surface area (TPSA) is 72.4 Å². The number of nitro benzene ring substituents is 1. The molecule has 5 nitrogen and oxygen atoms in total. The number of hydrazine groups is 1. The van der Waals surface area contributed by atoms with Gasteiger partial charge in [-0.05, 0) is 6.07 Å². The van der Waals surface area contributed by atoms with Gasteiger partial charge in [0.15, 0.2) is 0 Å². The molecule has 0 aliphatic carbocycles. The number of hydrogen-bond acceptors (Lipinski definition) is 4. The Morgan fingerprint density at radius 2 is 2.15 bits per heavy atom. The van der Waals surface area contributed by atoms with Crippen molar-refractivity contribution in [1.82, 2.24) is 0 Å². The van der Waals surface area contributed by atoms with Crippen LogP contribution in [0.2, 0.25) is 0 Å². The summed E-state index contributed by atoms with van der Waals surface area (Å²) in [5.74, 6) is 5.31. The summed E-state index contributed by atoms with van der Waals surface area (Å²) in [5.41, 5.74) is 0.548. The van der Waals surface area contributed by atoms with Crippen molar-refractivity contribution in [2.24, 2.45) is 5.84 Å². The lowest BCUT2D eigenvalue weighted by molar-refractivity contribution is -0.384. The first-order chi connectivity index (χ1) is 5.61. The number of benzene rings is 1. The molecule has 1 aromatic rings. The van der Waals surface area contributed by atoms with Gasteiger partial charge in [-0.25, -0.2) is 9.88 Å². The standard InChI is InChI=1S/C6H6BrN3O2.ClH/c7-9(8)5-2-1-3-6(4-5)10(11)12;/h1-4H,8H2;1H. The first-order valence-corrected chi connectivity index (χ1v) is 3.77. The molecule has 0 amide bonds. The molecular weight excluding hydrogens is 261 g/mol. The molecule has 0 bridgehead atoms. The van der Waals surface area contributed by atoms with Crippen molar-refractivity contribution in [1.29, 1.82) is 0 Å². The van der Waals surface area contributed by atoms with Crippen molar-refractivity contribution in [2.75, 3.05) is 4.03 Å². The van der Waals surface area contributed by atoms with Gasteiger partial charge in [0.1, 0.15) is 0 Å². The first-order valence-electron chi connectivity index (χ1n) is 3.06. The Balaban J connectivity index is 0.00000144. The second-order valence-corrected chi connectivity index (χ2v) is 2.85. The van der Waals surface area contributed by atoms with Gasteiger partial charge in [-0.15, -0.1) is 12.4 Å². The highest BCUT2D eigenvalue weighted by molar-refractivity contribution is 9.10. The van der Waals surface area contributed by atoms with Gasteiger partial charge in [-0.3, -0.25) is 10.1 Å². The Kier molecular flexibility index (Phi) is 4.68. The summed E-state index contributed by atoms with van der Waals surface area (Å²) in [7, 11) is 0. The van der Waals surface area contributed by atoms with Crippen LogP contribution in [0.5, 0.6) is 0 Å². The van der Waals surface area contributed by atoms with E-state index in [1.165, 1.54) is 12.1 Å². The van der Waals surface area contributed by atoms with Crippen molar-refractivity contribution in [2.45, 2.75) is 0 Å². The van der Waals surface area contributed by atoms with E-state index in [1.807, 2.05) is 0 Å². The maximum atomic E-state index is 10.3. The number of rotatable bonds is 2. The molecule has 1 aromatic carbocycles. The monoisotopic (exact) mass is 267 g/mol. The van der Waals surface area contributed by atoms with Gasteiger partial charge < -0.3 is 0 Å². The molecule has 0 spiro atoms. The van der Waals surface area contributed by atoms with E-state index in [0.29, 0.717) is 5.69 Å². The van der Waals surface area contributed by atoms with Crippen molar-refractivity contribution in [3.63, 3.8) is 0 Å². The Morgan fingerprint density at radius 3 is 2.62 bits per heavy atom. The third kappa shape index (κ3) is 3.17. The van der Waals surface area contributed by atoms with Gasteiger partial charge in [0.05, 0.1) is 26.8 Å². The maximum Gasteiger partial charge on any atom is 0.271 e. The van der Waals surface area contributed by atoms with Gasteiger partial charge in [0.2, 0.25) is 0 Å². The first kappa shape index (κ1) is 12.2. The molecular formula is C6H7BrClN3O2. The molecule has 0 fully saturated rings. The fraction of sp³-hybridized carbons (Fsp3) is 0. The number of non-ortho nitro benzene ring substituents is 1. The van der Waals surface area contributed by atoms with Crippen LogP contribution in [0.1, 0.15) is 0 Å². The summed E-state index contributed by atoms with van der Waals surface area (Å²) in [5, 5.41) is 10.3. The van der Waals surface area contributed by atoms with Crippen LogP contribution < -0.4 is 9.88 Å². The predicted molar refractivity (Wildman–Crippen MR) is 55.9 cm³/mol. The molecule has 13 heavy (non-hydrogen) atoms. The van der Waals surface area contributed by atoms with Crippen molar-refractivity contribution < 1.29 is 4.92 Å². The molecule has 7 heteroatoms. The zero-order valence-electron chi connectivity index (χ0n) is 6.38. The van der Waals surface area contributed by atoms with Crippen molar-refractivity contribution >= 4 is 39.9 Å². The number of hydrogen-bond donors (Lipinski definition) is 1. The number of nitrogens with two attached hydrogens (primary N) is 1. The zero-order valence-corrected chi connectivity index (χ0v) is 8.79. The molecule has 2 N–H and O–H groups in total. The fourth-order valence-electron chi connectivity index (χ4n) is 0.739. The van der Waals surface area contributed by atoms with E-state index in [1.54, 1.807) is 12.1 Å². The Labute approximate surface area is 89.4 Å². The summed E-state index contributed by atoms with van der Waals surface area (Å²) in [6.07, 6.45) is 0. The highest BCUT2D eigenvalue weighted by Crippen LogP contribution is 2.20. The smallest absolute Gasteiger partial charge is 0.258 e. The number of anilines is 1. The number of halogens is 2. The highest BCUT2D eigenvalue weighted by atomic mass is 79.9. The van der Waals surface area contributed by atoms with Crippen LogP contribution in [0.25, 0.3) is 0 Å². The number of nitro groups is 1. The lowest BCUT2D eigenvalue weighted by Crippen LogP contribution is -2.17. The van der Waals surface area contributed by atoms with Gasteiger partial charge in [-0.2, -0.15) is 0 Å². The van der Waals surface area contributed by atoms with Gasteiger partial charge in [-0.1, -0.05) is 6.07 Å². The minimum absolute atomic E-state index is 0. The second-order valence-electron chi connectivity index (χ2n) is 2.09. The van der Waals surface area contributed by atoms with E-state index in [4.69, 9.17) is 5.84 Å². The van der Waals surface area contributed by atoms with Gasteiger partial charge in [0, 0.05) is 12.1 Å². The fourth-order valence-corrected chi connectivity index (χ4v) is 0.960. The largest absolute Gasteiger partial charge is 0.271 e. The van der Waals surface area contributed by atoms with Crippen LogP contribution in [0.3, 0.4) is 0 Å². The summed E-state index contributed by atoms with van der Waals surface area (Å²) >= 11 is 2.95. The summed E-state index contributed by atoms with van der Waals surface area (Å²) < 4.78 is 1.14. The van der Waals surface area contributed by atoms with Crippen LogP contribution in [0, 0.1) is 10.1 Å². The van der Waals surface area contributed by atoms with E-state index in [0.717, 1.165) is 4.03 Å². The number of nitrogens with zero attached hydrogens (tertiary/aromatic N) is 2. The molecule has 0 saturated carbocycles.